The second kappa shape index (κ2) is 4.84. The van der Waals surface area contributed by atoms with Crippen molar-refractivity contribution in [2.45, 2.75) is 25.4 Å². The standard InChI is InChI=1S/C14H14FN3O/c15-11-3-1-10(2-4-11)9-17-13-14(19)18(8-7-16-13)12-5-6-12/h1-4,7-8,12H,5-6,9H2,(H,16,17). The highest BCUT2D eigenvalue weighted by Gasteiger charge is 2.25. The summed E-state index contributed by atoms with van der Waals surface area (Å²) in [7, 11) is 0. The van der Waals surface area contributed by atoms with Crippen LogP contribution < -0.4 is 10.9 Å². The van der Waals surface area contributed by atoms with Crippen LogP contribution in [0.3, 0.4) is 0 Å². The Hall–Kier alpha value is -2.17. The molecule has 5 heteroatoms. The van der Waals surface area contributed by atoms with Crippen molar-refractivity contribution in [2.24, 2.45) is 0 Å². The molecule has 1 N–H and O–H groups in total. The second-order valence-electron chi connectivity index (χ2n) is 4.70. The van der Waals surface area contributed by atoms with Crippen molar-refractivity contribution in [3.05, 3.63) is 58.4 Å². The average molecular weight is 259 g/mol. The molecule has 1 aromatic carbocycles. The first kappa shape index (κ1) is 11.9. The van der Waals surface area contributed by atoms with Gasteiger partial charge in [-0.2, -0.15) is 0 Å². The molecule has 0 unspecified atom stereocenters. The van der Waals surface area contributed by atoms with Crippen molar-refractivity contribution in [1.29, 1.82) is 0 Å². The van der Waals surface area contributed by atoms with Crippen LogP contribution in [-0.2, 0) is 6.54 Å². The van der Waals surface area contributed by atoms with Crippen LogP contribution in [0.5, 0.6) is 0 Å². The zero-order valence-corrected chi connectivity index (χ0v) is 10.3. The molecule has 1 aromatic heterocycles. The Balaban J connectivity index is 1.74. The summed E-state index contributed by atoms with van der Waals surface area (Å²) in [6, 6.07) is 6.51. The Kier molecular flexibility index (Phi) is 3.03. The quantitative estimate of drug-likeness (QED) is 0.916. The third-order valence-corrected chi connectivity index (χ3v) is 3.18. The number of anilines is 1. The predicted octanol–water partition coefficient (Wildman–Crippen LogP) is 2.33. The molecule has 4 nitrogen and oxygen atoms in total. The predicted molar refractivity (Wildman–Crippen MR) is 70.5 cm³/mol. The number of nitrogens with one attached hydrogen (secondary N) is 1. The fourth-order valence-electron chi connectivity index (χ4n) is 1.97. The molecule has 0 aliphatic heterocycles. The molecule has 0 bridgehead atoms. The van der Waals surface area contributed by atoms with Gasteiger partial charge in [-0.15, -0.1) is 0 Å². The molecule has 0 spiro atoms. The molecule has 0 atom stereocenters. The maximum atomic E-state index is 12.8. The summed E-state index contributed by atoms with van der Waals surface area (Å²) in [5.41, 5.74) is 0.816. The summed E-state index contributed by atoms with van der Waals surface area (Å²) in [4.78, 5) is 16.2. The van der Waals surface area contributed by atoms with Crippen LogP contribution in [-0.4, -0.2) is 9.55 Å². The van der Waals surface area contributed by atoms with Gasteiger partial charge in [-0.25, -0.2) is 9.37 Å². The molecule has 2 aromatic rings. The largest absolute Gasteiger partial charge is 0.361 e. The molecular formula is C14H14FN3O. The van der Waals surface area contributed by atoms with Gasteiger partial charge in [0, 0.05) is 25.0 Å². The van der Waals surface area contributed by atoms with Crippen LogP contribution in [0.1, 0.15) is 24.4 Å². The van der Waals surface area contributed by atoms with Gasteiger partial charge >= 0.3 is 0 Å². The fraction of sp³-hybridized carbons (Fsp3) is 0.286. The zero-order chi connectivity index (χ0) is 13.2. The molecule has 0 saturated heterocycles. The van der Waals surface area contributed by atoms with Gasteiger partial charge < -0.3 is 9.88 Å². The molecule has 0 radical (unpaired) electrons. The minimum Gasteiger partial charge on any atom is -0.361 e. The van der Waals surface area contributed by atoms with E-state index in [0.29, 0.717) is 18.4 Å². The lowest BCUT2D eigenvalue weighted by Gasteiger charge is -2.08. The van der Waals surface area contributed by atoms with Crippen molar-refractivity contribution >= 4 is 5.82 Å². The van der Waals surface area contributed by atoms with Crippen LogP contribution >= 0.6 is 0 Å². The minimum atomic E-state index is -0.266. The van der Waals surface area contributed by atoms with Gasteiger partial charge in [0.2, 0.25) is 0 Å². The first-order valence-corrected chi connectivity index (χ1v) is 6.29. The first-order valence-electron chi connectivity index (χ1n) is 6.29. The van der Waals surface area contributed by atoms with E-state index in [1.54, 1.807) is 29.1 Å². The maximum Gasteiger partial charge on any atom is 0.293 e. The zero-order valence-electron chi connectivity index (χ0n) is 10.3. The van der Waals surface area contributed by atoms with E-state index in [0.717, 1.165) is 18.4 Å². The van der Waals surface area contributed by atoms with Gasteiger partial charge in [-0.05, 0) is 30.5 Å². The highest BCUT2D eigenvalue weighted by molar-refractivity contribution is 5.33. The smallest absolute Gasteiger partial charge is 0.293 e. The lowest BCUT2D eigenvalue weighted by atomic mass is 10.2. The maximum absolute atomic E-state index is 12.8. The van der Waals surface area contributed by atoms with E-state index in [2.05, 4.69) is 10.3 Å². The van der Waals surface area contributed by atoms with E-state index in [1.807, 2.05) is 0 Å². The highest BCUT2D eigenvalue weighted by atomic mass is 19.1. The summed E-state index contributed by atoms with van der Waals surface area (Å²) < 4.78 is 14.5. The van der Waals surface area contributed by atoms with Gasteiger partial charge in [0.15, 0.2) is 5.82 Å². The van der Waals surface area contributed by atoms with Crippen molar-refractivity contribution in [3.63, 3.8) is 0 Å². The van der Waals surface area contributed by atoms with E-state index in [1.165, 1.54) is 12.1 Å². The van der Waals surface area contributed by atoms with E-state index in [-0.39, 0.29) is 11.4 Å². The molecule has 3 rings (SSSR count). The normalized spacial score (nSPS) is 14.4. The Labute approximate surface area is 109 Å². The number of halogens is 1. The van der Waals surface area contributed by atoms with E-state index in [4.69, 9.17) is 0 Å². The molecule has 19 heavy (non-hydrogen) atoms. The highest BCUT2D eigenvalue weighted by Crippen LogP contribution is 2.33. The van der Waals surface area contributed by atoms with E-state index in [9.17, 15) is 9.18 Å². The van der Waals surface area contributed by atoms with E-state index < -0.39 is 0 Å². The molecule has 1 saturated carbocycles. The molecule has 1 aliphatic rings. The molecule has 1 aliphatic carbocycles. The van der Waals surface area contributed by atoms with Gasteiger partial charge in [-0.1, -0.05) is 12.1 Å². The first-order chi connectivity index (χ1) is 9.24. The van der Waals surface area contributed by atoms with Gasteiger partial charge in [-0.3, -0.25) is 4.79 Å². The SMILES string of the molecule is O=c1c(NCc2ccc(F)cc2)nccn1C1CC1. The Bertz CT molecular complexity index is 632. The molecule has 98 valence electrons. The number of hydrogen-bond donors (Lipinski definition) is 1. The summed E-state index contributed by atoms with van der Waals surface area (Å²) >= 11 is 0. The van der Waals surface area contributed by atoms with Crippen LogP contribution in [0.4, 0.5) is 10.2 Å². The number of aromatic nitrogens is 2. The van der Waals surface area contributed by atoms with Gasteiger partial charge in [0.05, 0.1) is 0 Å². The third kappa shape index (κ3) is 2.65. The summed E-state index contributed by atoms with van der Waals surface area (Å²) in [5.74, 6) is 0.0800. The van der Waals surface area contributed by atoms with Crippen molar-refractivity contribution in [1.82, 2.24) is 9.55 Å². The Morgan fingerprint density at radius 2 is 2.05 bits per heavy atom. The lowest BCUT2D eigenvalue weighted by molar-refractivity contribution is 0.627. The molecule has 0 amide bonds. The minimum absolute atomic E-state index is 0.0906. The van der Waals surface area contributed by atoms with Crippen molar-refractivity contribution in [3.8, 4) is 0 Å². The molecule has 1 fully saturated rings. The molecule has 1 heterocycles. The second-order valence-corrected chi connectivity index (χ2v) is 4.70. The average Bonchev–Trinajstić information content (AvgIpc) is 3.24. The van der Waals surface area contributed by atoms with Crippen molar-refractivity contribution in [2.75, 3.05) is 5.32 Å². The Morgan fingerprint density at radius 1 is 1.32 bits per heavy atom. The summed E-state index contributed by atoms with van der Waals surface area (Å²) in [6.45, 7) is 0.456. The number of benzene rings is 1. The van der Waals surface area contributed by atoms with Crippen LogP contribution in [0, 0.1) is 5.82 Å². The van der Waals surface area contributed by atoms with Crippen molar-refractivity contribution < 1.29 is 4.39 Å². The number of rotatable bonds is 4. The van der Waals surface area contributed by atoms with Crippen LogP contribution in [0.2, 0.25) is 0 Å². The summed E-state index contributed by atoms with van der Waals surface area (Å²) in [6.07, 6.45) is 5.47. The molecular weight excluding hydrogens is 245 g/mol. The number of nitrogens with zero attached hydrogens (tertiary/aromatic N) is 2. The summed E-state index contributed by atoms with van der Waals surface area (Å²) in [5, 5.41) is 3.00. The van der Waals surface area contributed by atoms with Crippen LogP contribution in [0.25, 0.3) is 0 Å². The van der Waals surface area contributed by atoms with Gasteiger partial charge in [0.1, 0.15) is 5.82 Å². The van der Waals surface area contributed by atoms with Gasteiger partial charge in [0.25, 0.3) is 5.56 Å². The lowest BCUT2D eigenvalue weighted by Crippen LogP contribution is -2.23. The Morgan fingerprint density at radius 3 is 2.74 bits per heavy atom. The third-order valence-electron chi connectivity index (χ3n) is 3.18. The monoisotopic (exact) mass is 259 g/mol. The topological polar surface area (TPSA) is 46.9 Å². The number of hydrogen-bond acceptors (Lipinski definition) is 3. The van der Waals surface area contributed by atoms with Crippen LogP contribution in [0.15, 0.2) is 41.5 Å². The fourth-order valence-corrected chi connectivity index (χ4v) is 1.97. The van der Waals surface area contributed by atoms with E-state index >= 15 is 0 Å².